The van der Waals surface area contributed by atoms with E-state index in [1.807, 2.05) is 23.1 Å². The van der Waals surface area contributed by atoms with E-state index in [9.17, 15) is 9.18 Å². The average Bonchev–Trinajstić information content (AvgIpc) is 3.23. The second kappa shape index (κ2) is 8.76. The van der Waals surface area contributed by atoms with Crippen LogP contribution in [0.25, 0.3) is 5.69 Å². The molecular weight excluding hydrogens is 451 g/mol. The SMILES string of the molecule is O=C(CSC1=Nc2c(cnn2-c2cccc(Cl)c2)C2=NCCCN12)Nc1ccc(F)cc1. The molecule has 1 N–H and O–H groups in total. The summed E-state index contributed by atoms with van der Waals surface area (Å²) in [5.74, 6) is 1.08. The van der Waals surface area contributed by atoms with E-state index in [0.29, 0.717) is 21.7 Å². The number of halogens is 2. The topological polar surface area (TPSA) is 74.9 Å². The summed E-state index contributed by atoms with van der Waals surface area (Å²) in [7, 11) is 0. The quantitative estimate of drug-likeness (QED) is 0.612. The lowest BCUT2D eigenvalue weighted by molar-refractivity contribution is -0.113. The molecule has 0 radical (unpaired) electrons. The molecule has 2 aliphatic heterocycles. The molecule has 3 aromatic rings. The molecule has 7 nitrogen and oxygen atoms in total. The van der Waals surface area contributed by atoms with Crippen LogP contribution in [0.3, 0.4) is 0 Å². The number of benzene rings is 2. The van der Waals surface area contributed by atoms with Crippen LogP contribution < -0.4 is 5.32 Å². The molecule has 162 valence electrons. The highest BCUT2D eigenvalue weighted by atomic mass is 35.5. The normalized spacial score (nSPS) is 14.9. The summed E-state index contributed by atoms with van der Waals surface area (Å²) in [6, 6.07) is 13.1. The van der Waals surface area contributed by atoms with Gasteiger partial charge in [-0.2, -0.15) is 5.10 Å². The van der Waals surface area contributed by atoms with E-state index in [1.165, 1.54) is 36.0 Å². The monoisotopic (exact) mass is 468 g/mol. The largest absolute Gasteiger partial charge is 0.325 e. The number of nitrogens with zero attached hydrogens (tertiary/aromatic N) is 5. The van der Waals surface area contributed by atoms with Gasteiger partial charge in [0.1, 0.15) is 11.7 Å². The van der Waals surface area contributed by atoms with Crippen molar-refractivity contribution in [3.05, 3.63) is 71.1 Å². The van der Waals surface area contributed by atoms with Gasteiger partial charge in [0.05, 0.1) is 23.2 Å². The van der Waals surface area contributed by atoms with Crippen molar-refractivity contribution in [3.63, 3.8) is 0 Å². The van der Waals surface area contributed by atoms with Gasteiger partial charge in [0.2, 0.25) is 5.91 Å². The first-order chi connectivity index (χ1) is 15.6. The molecule has 0 bridgehead atoms. The Kier molecular flexibility index (Phi) is 5.67. The minimum Gasteiger partial charge on any atom is -0.325 e. The number of hydrogen-bond acceptors (Lipinski definition) is 6. The summed E-state index contributed by atoms with van der Waals surface area (Å²) in [6.45, 7) is 1.50. The lowest BCUT2D eigenvalue weighted by Gasteiger charge is -2.32. The van der Waals surface area contributed by atoms with Crippen molar-refractivity contribution in [2.24, 2.45) is 9.98 Å². The number of aromatic nitrogens is 2. The van der Waals surface area contributed by atoms with Crippen LogP contribution in [0.1, 0.15) is 12.0 Å². The van der Waals surface area contributed by atoms with E-state index < -0.39 is 0 Å². The Labute approximate surface area is 193 Å². The third kappa shape index (κ3) is 4.13. The highest BCUT2D eigenvalue weighted by Crippen LogP contribution is 2.33. The summed E-state index contributed by atoms with van der Waals surface area (Å²) in [5.41, 5.74) is 2.19. The molecule has 0 spiro atoms. The van der Waals surface area contributed by atoms with Crippen molar-refractivity contribution >= 4 is 51.8 Å². The fourth-order valence-corrected chi connectivity index (χ4v) is 4.55. The maximum Gasteiger partial charge on any atom is 0.234 e. The third-order valence-corrected chi connectivity index (χ3v) is 6.20. The first-order valence-electron chi connectivity index (χ1n) is 10.0. The fraction of sp³-hybridized carbons (Fsp3) is 0.182. The summed E-state index contributed by atoms with van der Waals surface area (Å²) in [4.78, 5) is 24.0. The molecule has 0 aliphatic carbocycles. The van der Waals surface area contributed by atoms with Crippen LogP contribution in [0.5, 0.6) is 0 Å². The molecule has 2 aromatic carbocycles. The molecule has 0 fully saturated rings. The Morgan fingerprint density at radius 1 is 1.22 bits per heavy atom. The molecule has 32 heavy (non-hydrogen) atoms. The highest BCUT2D eigenvalue weighted by Gasteiger charge is 2.31. The number of fused-ring (bicyclic) bond motifs is 3. The van der Waals surface area contributed by atoms with Gasteiger partial charge in [-0.1, -0.05) is 29.4 Å². The Bertz CT molecular complexity index is 1240. The minimum absolute atomic E-state index is 0.153. The Morgan fingerprint density at radius 3 is 2.88 bits per heavy atom. The molecule has 10 heteroatoms. The number of thioether (sulfide) groups is 1. The van der Waals surface area contributed by atoms with Crippen molar-refractivity contribution in [2.75, 3.05) is 24.2 Å². The zero-order valence-electron chi connectivity index (χ0n) is 16.8. The number of amidine groups is 2. The predicted octanol–water partition coefficient (Wildman–Crippen LogP) is 4.49. The summed E-state index contributed by atoms with van der Waals surface area (Å²) < 4.78 is 14.8. The standard InChI is InChI=1S/C22H18ClFN6OS/c23-14-3-1-4-17(11-14)30-21-18(12-26-30)20-25-9-2-10-29(20)22(28-21)32-13-19(31)27-16-7-5-15(24)6-8-16/h1,3-8,11-12H,2,9-10,13H2,(H,27,31). The summed E-state index contributed by atoms with van der Waals surface area (Å²) >= 11 is 7.50. The van der Waals surface area contributed by atoms with Crippen molar-refractivity contribution in [2.45, 2.75) is 6.42 Å². The molecular formula is C22H18ClFN6OS. The van der Waals surface area contributed by atoms with Crippen LogP contribution in [0.4, 0.5) is 15.9 Å². The van der Waals surface area contributed by atoms with Crippen LogP contribution in [-0.2, 0) is 4.79 Å². The van der Waals surface area contributed by atoms with Crippen LogP contribution in [0.15, 0.2) is 64.7 Å². The van der Waals surface area contributed by atoms with Crippen molar-refractivity contribution < 1.29 is 9.18 Å². The molecule has 0 unspecified atom stereocenters. The van der Waals surface area contributed by atoms with E-state index >= 15 is 0 Å². The smallest absolute Gasteiger partial charge is 0.234 e. The fourth-order valence-electron chi connectivity index (χ4n) is 3.55. The maximum absolute atomic E-state index is 13.1. The molecule has 1 amide bonds. The Hall–Kier alpha value is -3.17. The van der Waals surface area contributed by atoms with Crippen LogP contribution >= 0.6 is 23.4 Å². The zero-order chi connectivity index (χ0) is 22.1. The predicted molar refractivity (Wildman–Crippen MR) is 126 cm³/mol. The van der Waals surface area contributed by atoms with Gasteiger partial charge >= 0.3 is 0 Å². The number of hydrogen-bond donors (Lipinski definition) is 1. The second-order valence-electron chi connectivity index (χ2n) is 7.22. The van der Waals surface area contributed by atoms with E-state index in [-0.39, 0.29) is 17.5 Å². The number of rotatable bonds is 4. The number of nitrogens with one attached hydrogen (secondary N) is 1. The van der Waals surface area contributed by atoms with Crippen molar-refractivity contribution in [3.8, 4) is 5.69 Å². The third-order valence-electron chi connectivity index (χ3n) is 4.99. The van der Waals surface area contributed by atoms with E-state index in [2.05, 4.69) is 10.4 Å². The molecule has 1 aromatic heterocycles. The summed E-state index contributed by atoms with van der Waals surface area (Å²) in [6.07, 6.45) is 2.67. The lowest BCUT2D eigenvalue weighted by Crippen LogP contribution is -2.42. The van der Waals surface area contributed by atoms with E-state index in [4.69, 9.17) is 21.6 Å². The van der Waals surface area contributed by atoms with Gasteiger partial charge in [0.15, 0.2) is 11.0 Å². The minimum atomic E-state index is -0.349. The van der Waals surface area contributed by atoms with Crippen LogP contribution in [-0.4, -0.2) is 50.4 Å². The second-order valence-corrected chi connectivity index (χ2v) is 8.60. The Balaban J connectivity index is 1.41. The summed E-state index contributed by atoms with van der Waals surface area (Å²) in [5, 5.41) is 8.59. The Morgan fingerprint density at radius 2 is 2.06 bits per heavy atom. The zero-order valence-corrected chi connectivity index (χ0v) is 18.4. The maximum atomic E-state index is 13.1. The first-order valence-corrected chi connectivity index (χ1v) is 11.4. The molecule has 0 saturated heterocycles. The van der Waals surface area contributed by atoms with Gasteiger partial charge in [-0.25, -0.2) is 14.1 Å². The number of amides is 1. The number of aliphatic imine (C=N–C) groups is 2. The van der Waals surface area contributed by atoms with Gasteiger partial charge in [-0.15, -0.1) is 0 Å². The molecule has 0 saturated carbocycles. The molecule has 2 aliphatic rings. The highest BCUT2D eigenvalue weighted by molar-refractivity contribution is 8.14. The molecule has 3 heterocycles. The van der Waals surface area contributed by atoms with Gasteiger partial charge in [-0.05, 0) is 48.9 Å². The van der Waals surface area contributed by atoms with Crippen molar-refractivity contribution in [1.29, 1.82) is 0 Å². The van der Waals surface area contributed by atoms with Gasteiger partial charge in [-0.3, -0.25) is 9.79 Å². The molecule has 0 atom stereocenters. The number of anilines is 1. The van der Waals surface area contributed by atoms with Crippen LogP contribution in [0.2, 0.25) is 5.02 Å². The van der Waals surface area contributed by atoms with E-state index in [0.717, 1.165) is 36.6 Å². The van der Waals surface area contributed by atoms with Gasteiger partial charge in [0.25, 0.3) is 0 Å². The van der Waals surface area contributed by atoms with E-state index in [1.54, 1.807) is 16.9 Å². The first kappa shape index (κ1) is 20.7. The lowest BCUT2D eigenvalue weighted by atomic mass is 10.2. The molecule has 5 rings (SSSR count). The average molecular weight is 469 g/mol. The van der Waals surface area contributed by atoms with Gasteiger partial charge < -0.3 is 10.2 Å². The number of carbonyl (C=O) groups is 1. The van der Waals surface area contributed by atoms with Crippen LogP contribution in [0, 0.1) is 5.82 Å². The van der Waals surface area contributed by atoms with Gasteiger partial charge in [0, 0.05) is 23.8 Å². The number of carbonyl (C=O) groups excluding carboxylic acids is 1. The van der Waals surface area contributed by atoms with Crippen molar-refractivity contribution in [1.82, 2.24) is 14.7 Å².